The van der Waals surface area contributed by atoms with Crippen molar-refractivity contribution in [3.8, 4) is 0 Å². The van der Waals surface area contributed by atoms with Crippen molar-refractivity contribution in [1.82, 2.24) is 0 Å². The van der Waals surface area contributed by atoms with Crippen molar-refractivity contribution in [3.05, 3.63) is 17.5 Å². The van der Waals surface area contributed by atoms with Gasteiger partial charge in [-0.2, -0.15) is 11.3 Å². The van der Waals surface area contributed by atoms with E-state index in [1.54, 1.807) is 4.50 Å². The molecule has 1 aromatic rings. The summed E-state index contributed by atoms with van der Waals surface area (Å²) in [7, 11) is -0.122. The molecular weight excluding hydrogens is 232 g/mol. The van der Waals surface area contributed by atoms with E-state index in [0.29, 0.717) is 0 Å². The number of hydrogen-bond donors (Lipinski definition) is 0. The summed E-state index contributed by atoms with van der Waals surface area (Å²) in [5, 5.41) is 2.17. The van der Waals surface area contributed by atoms with Crippen LogP contribution >= 0.6 is 11.3 Å². The largest absolute Gasteiger partial charge is 0.385 e. The fraction of sp³-hybridized carbons (Fsp3) is 0.692. The van der Waals surface area contributed by atoms with Crippen molar-refractivity contribution in [3.63, 3.8) is 0 Å². The molecule has 1 heterocycles. The van der Waals surface area contributed by atoms with Gasteiger partial charge in [-0.05, 0) is 22.2 Å². The summed E-state index contributed by atoms with van der Waals surface area (Å²) in [6.07, 6.45) is 9.61. The molecule has 1 aliphatic rings. The van der Waals surface area contributed by atoms with Crippen molar-refractivity contribution in [1.29, 1.82) is 0 Å². The number of hydrogen-bond acceptors (Lipinski definition) is 2. The van der Waals surface area contributed by atoms with Gasteiger partial charge in [0.2, 0.25) is 0 Å². The van der Waals surface area contributed by atoms with Crippen LogP contribution in [0, 0.1) is 5.92 Å². The lowest BCUT2D eigenvalue weighted by Crippen LogP contribution is -2.17. The average Bonchev–Trinajstić information content (AvgIpc) is 2.83. The first kappa shape index (κ1) is 12.3. The van der Waals surface area contributed by atoms with Gasteiger partial charge in [-0.15, -0.1) is 0 Å². The van der Waals surface area contributed by atoms with E-state index in [1.165, 1.54) is 38.5 Å². The summed E-state index contributed by atoms with van der Waals surface area (Å²) in [5.74, 6) is 0.970. The maximum atomic E-state index is 5.78. The van der Waals surface area contributed by atoms with Gasteiger partial charge in [-0.25, -0.2) is 0 Å². The van der Waals surface area contributed by atoms with Crippen molar-refractivity contribution in [2.75, 3.05) is 12.8 Å². The van der Waals surface area contributed by atoms with Crippen LogP contribution in [0.15, 0.2) is 17.5 Å². The molecule has 0 radical (unpaired) electrons. The molecule has 0 atom stereocenters. The average molecular weight is 254 g/mol. The fourth-order valence-corrected chi connectivity index (χ4v) is 4.81. The topological polar surface area (TPSA) is 9.23 Å². The van der Waals surface area contributed by atoms with Crippen LogP contribution in [0.2, 0.25) is 0 Å². The summed E-state index contributed by atoms with van der Waals surface area (Å²) in [6.45, 7) is 1.00. The Morgan fingerprint density at radius 3 is 2.94 bits per heavy atom. The summed E-state index contributed by atoms with van der Waals surface area (Å²) >= 11 is 1.89. The Kier molecular flexibility index (Phi) is 5.59. The molecule has 0 unspecified atom stereocenters. The highest BCUT2D eigenvalue weighted by Gasteiger charge is 2.12. The molecule has 0 aliphatic heterocycles. The predicted molar refractivity (Wildman–Crippen MR) is 74.5 cm³/mol. The summed E-state index contributed by atoms with van der Waals surface area (Å²) in [4.78, 5) is 0. The number of ether oxygens (including phenoxy) is 1. The van der Waals surface area contributed by atoms with E-state index < -0.39 is 0 Å². The zero-order valence-electron chi connectivity index (χ0n) is 9.99. The van der Waals surface area contributed by atoms with Crippen LogP contribution in [-0.4, -0.2) is 22.4 Å². The first-order valence-electron chi connectivity index (χ1n) is 6.55. The molecule has 1 aromatic heterocycles. The quantitative estimate of drug-likeness (QED) is 0.560. The Morgan fingerprint density at radius 2 is 2.19 bits per heavy atom. The summed E-state index contributed by atoms with van der Waals surface area (Å²) < 4.78 is 7.36. The van der Waals surface area contributed by atoms with E-state index in [0.717, 1.165) is 18.8 Å². The van der Waals surface area contributed by atoms with Crippen molar-refractivity contribution < 1.29 is 4.74 Å². The van der Waals surface area contributed by atoms with Crippen LogP contribution in [0.25, 0.3) is 0 Å². The molecule has 0 saturated heterocycles. The first-order valence-corrected chi connectivity index (χ1v) is 9.14. The smallest absolute Gasteiger partial charge is 0.0975 e. The van der Waals surface area contributed by atoms with Gasteiger partial charge in [-0.1, -0.05) is 44.2 Å². The third-order valence-corrected chi connectivity index (χ3v) is 6.53. The second-order valence-electron chi connectivity index (χ2n) is 4.73. The molecule has 1 saturated carbocycles. The molecule has 0 spiro atoms. The lowest BCUT2D eigenvalue weighted by atomic mass is 9.87. The highest BCUT2D eigenvalue weighted by Crippen LogP contribution is 2.25. The van der Waals surface area contributed by atoms with Gasteiger partial charge in [0.05, 0.1) is 9.52 Å². The molecule has 3 heteroatoms. The minimum Gasteiger partial charge on any atom is -0.385 e. The summed E-state index contributed by atoms with van der Waals surface area (Å²) in [5.41, 5.74) is 0. The van der Waals surface area contributed by atoms with E-state index in [9.17, 15) is 0 Å². The third kappa shape index (κ3) is 4.40. The molecule has 2 rings (SSSR count). The molecule has 0 aromatic carbocycles. The van der Waals surface area contributed by atoms with Crippen molar-refractivity contribution in [2.45, 2.75) is 38.5 Å². The van der Waals surface area contributed by atoms with Gasteiger partial charge >= 0.3 is 0 Å². The minimum absolute atomic E-state index is 0.122. The van der Waals surface area contributed by atoms with Crippen LogP contribution in [0.5, 0.6) is 0 Å². The molecule has 0 amide bonds. The van der Waals surface area contributed by atoms with Crippen LogP contribution in [-0.2, 0) is 4.74 Å². The zero-order valence-corrected chi connectivity index (χ0v) is 12.2. The van der Waals surface area contributed by atoms with E-state index in [4.69, 9.17) is 4.74 Å². The Balaban J connectivity index is 1.48. The molecule has 90 valence electrons. The molecule has 0 bridgehead atoms. The van der Waals surface area contributed by atoms with E-state index in [1.807, 2.05) is 11.3 Å². The predicted octanol–water partition coefficient (Wildman–Crippen LogP) is 2.49. The lowest BCUT2D eigenvalue weighted by molar-refractivity contribution is 0.149. The Hall–Kier alpha value is -0.123. The van der Waals surface area contributed by atoms with E-state index >= 15 is 0 Å². The minimum atomic E-state index is -0.122. The number of thiophene rings is 1. The third-order valence-electron chi connectivity index (χ3n) is 3.47. The second-order valence-corrected chi connectivity index (χ2v) is 7.95. The molecule has 1 aliphatic carbocycles. The van der Waals surface area contributed by atoms with Crippen LogP contribution in [0.3, 0.4) is 0 Å². The fourth-order valence-electron chi connectivity index (χ4n) is 2.46. The van der Waals surface area contributed by atoms with Gasteiger partial charge < -0.3 is 4.74 Å². The number of rotatable bonds is 6. The first-order chi connectivity index (χ1) is 7.95. The van der Waals surface area contributed by atoms with Crippen LogP contribution < -0.4 is 4.50 Å². The second kappa shape index (κ2) is 7.25. The molecule has 0 N–H and O–H groups in total. The van der Waals surface area contributed by atoms with Gasteiger partial charge in [0, 0.05) is 12.8 Å². The normalized spacial score (nSPS) is 18.5. The van der Waals surface area contributed by atoms with Crippen LogP contribution in [0.4, 0.5) is 0 Å². The van der Waals surface area contributed by atoms with Gasteiger partial charge in [0.1, 0.15) is 0 Å². The van der Waals surface area contributed by atoms with Gasteiger partial charge in [0.25, 0.3) is 0 Å². The van der Waals surface area contributed by atoms with Gasteiger partial charge in [-0.3, -0.25) is 0 Å². The van der Waals surface area contributed by atoms with E-state index in [-0.39, 0.29) is 9.52 Å². The Morgan fingerprint density at radius 1 is 1.31 bits per heavy atom. The van der Waals surface area contributed by atoms with Crippen molar-refractivity contribution >= 4 is 25.4 Å². The molecule has 1 fully saturated rings. The highest BCUT2D eigenvalue weighted by atomic mass is 32.1. The maximum absolute atomic E-state index is 5.78. The monoisotopic (exact) mass is 254 g/mol. The zero-order chi connectivity index (χ0) is 11.1. The van der Waals surface area contributed by atoms with Gasteiger partial charge in [0.15, 0.2) is 0 Å². The SMILES string of the molecule is c1csc([SiH2]COCCC2CCCCC2)c1. The Bertz CT molecular complexity index is 267. The van der Waals surface area contributed by atoms with Crippen LogP contribution in [0.1, 0.15) is 38.5 Å². The summed E-state index contributed by atoms with van der Waals surface area (Å²) in [6, 6.07) is 4.40. The molecule has 16 heavy (non-hydrogen) atoms. The van der Waals surface area contributed by atoms with Crippen molar-refractivity contribution in [2.24, 2.45) is 5.92 Å². The molecule has 1 nitrogen and oxygen atoms in total. The Labute approximate surface area is 105 Å². The lowest BCUT2D eigenvalue weighted by Gasteiger charge is -2.21. The van der Waals surface area contributed by atoms with E-state index in [2.05, 4.69) is 17.5 Å². The molecular formula is C13H22OSSi. The highest BCUT2D eigenvalue weighted by molar-refractivity contribution is 7.19. The maximum Gasteiger partial charge on any atom is 0.0975 e. The standard InChI is InChI=1S/C13H22OSSi/c1-2-5-12(6-3-1)8-9-14-11-16-13-7-4-10-15-13/h4,7,10,12H,1-3,5-6,8-9,11,16H2.